The largest absolute Gasteiger partial charge is 0.453 e. The van der Waals surface area contributed by atoms with E-state index >= 15 is 0 Å². The molecule has 1 aromatic rings. The van der Waals surface area contributed by atoms with Gasteiger partial charge in [-0.05, 0) is 31.2 Å². The summed E-state index contributed by atoms with van der Waals surface area (Å²) in [6.07, 6.45) is 0.0753. The fourth-order valence-corrected chi connectivity index (χ4v) is 1.49. The van der Waals surface area contributed by atoms with Gasteiger partial charge in [0.2, 0.25) is 5.91 Å². The molecule has 1 aromatic carbocycles. The molecule has 0 bridgehead atoms. The van der Waals surface area contributed by atoms with Crippen LogP contribution in [0.3, 0.4) is 0 Å². The van der Waals surface area contributed by atoms with Gasteiger partial charge in [0.1, 0.15) is 0 Å². The number of benzene rings is 1. The summed E-state index contributed by atoms with van der Waals surface area (Å²) in [5.74, 6) is -0.247. The second-order valence-electron chi connectivity index (χ2n) is 4.17. The molecule has 0 aliphatic heterocycles. The molecule has 1 atom stereocenters. The smallest absolute Gasteiger partial charge is 0.411 e. The van der Waals surface area contributed by atoms with Gasteiger partial charge in [-0.1, -0.05) is 13.0 Å². The molecule has 0 saturated heterocycles. The summed E-state index contributed by atoms with van der Waals surface area (Å²) in [6, 6.07) is 6.84. The molecule has 6 nitrogen and oxygen atoms in total. The molecular formula is C13H19N3O3. The maximum absolute atomic E-state index is 11.8. The van der Waals surface area contributed by atoms with Gasteiger partial charge in [0.05, 0.1) is 7.11 Å². The Kier molecular flexibility index (Phi) is 5.81. The van der Waals surface area contributed by atoms with Gasteiger partial charge in [-0.25, -0.2) is 4.79 Å². The van der Waals surface area contributed by atoms with Gasteiger partial charge < -0.3 is 15.8 Å². The average molecular weight is 265 g/mol. The van der Waals surface area contributed by atoms with Gasteiger partial charge in [-0.2, -0.15) is 0 Å². The second-order valence-corrected chi connectivity index (χ2v) is 4.17. The lowest BCUT2D eigenvalue weighted by molar-refractivity contribution is -0.119. The summed E-state index contributed by atoms with van der Waals surface area (Å²) < 4.78 is 4.49. The van der Waals surface area contributed by atoms with Gasteiger partial charge >= 0.3 is 6.09 Å². The van der Waals surface area contributed by atoms with E-state index in [4.69, 9.17) is 5.73 Å². The lowest BCUT2D eigenvalue weighted by Crippen LogP contribution is -2.22. The number of amides is 2. The van der Waals surface area contributed by atoms with Crippen molar-refractivity contribution < 1.29 is 14.3 Å². The van der Waals surface area contributed by atoms with Crippen LogP contribution in [-0.4, -0.2) is 25.7 Å². The zero-order valence-corrected chi connectivity index (χ0v) is 11.1. The van der Waals surface area contributed by atoms with E-state index in [2.05, 4.69) is 15.4 Å². The zero-order valence-electron chi connectivity index (χ0n) is 11.1. The topological polar surface area (TPSA) is 93.5 Å². The first kappa shape index (κ1) is 15.0. The van der Waals surface area contributed by atoms with E-state index in [1.165, 1.54) is 7.11 Å². The molecule has 1 unspecified atom stereocenters. The van der Waals surface area contributed by atoms with E-state index in [1.807, 2.05) is 6.92 Å². The molecule has 0 aromatic heterocycles. The first-order chi connectivity index (χ1) is 9.06. The van der Waals surface area contributed by atoms with E-state index < -0.39 is 6.09 Å². The molecule has 1 rings (SSSR count). The Morgan fingerprint density at radius 3 is 2.53 bits per heavy atom. The molecule has 104 valence electrons. The van der Waals surface area contributed by atoms with Crippen molar-refractivity contribution in [3.8, 4) is 0 Å². The molecule has 0 heterocycles. The van der Waals surface area contributed by atoms with Gasteiger partial charge in [0.25, 0.3) is 0 Å². The summed E-state index contributed by atoms with van der Waals surface area (Å²) in [5.41, 5.74) is 6.58. The van der Waals surface area contributed by atoms with Gasteiger partial charge in [0.15, 0.2) is 0 Å². The van der Waals surface area contributed by atoms with Crippen LogP contribution in [0.2, 0.25) is 0 Å². The number of carbonyl (C=O) groups is 2. The van der Waals surface area contributed by atoms with Crippen LogP contribution < -0.4 is 16.4 Å². The maximum Gasteiger partial charge on any atom is 0.411 e. The van der Waals surface area contributed by atoms with Crippen LogP contribution in [0.4, 0.5) is 16.2 Å². The van der Waals surface area contributed by atoms with Crippen LogP contribution >= 0.6 is 0 Å². The maximum atomic E-state index is 11.8. The minimum absolute atomic E-state index is 0.0966. The Morgan fingerprint density at radius 1 is 1.32 bits per heavy atom. The monoisotopic (exact) mass is 265 g/mol. The average Bonchev–Trinajstić information content (AvgIpc) is 2.39. The van der Waals surface area contributed by atoms with Crippen molar-refractivity contribution in [3.63, 3.8) is 0 Å². The summed E-state index contributed by atoms with van der Waals surface area (Å²) in [5, 5.41) is 5.30. The number of carbonyl (C=O) groups excluding carboxylic acids is 2. The van der Waals surface area contributed by atoms with E-state index in [9.17, 15) is 9.59 Å². The van der Waals surface area contributed by atoms with E-state index in [1.54, 1.807) is 24.3 Å². The van der Waals surface area contributed by atoms with E-state index in [-0.39, 0.29) is 11.8 Å². The quantitative estimate of drug-likeness (QED) is 0.756. The molecule has 4 N–H and O–H groups in total. The Balaban J connectivity index is 2.66. The molecule has 0 saturated carbocycles. The number of nitrogens with two attached hydrogens (primary N) is 1. The normalized spacial score (nSPS) is 11.5. The molecule has 0 spiro atoms. The van der Waals surface area contributed by atoms with Crippen molar-refractivity contribution in [1.82, 2.24) is 0 Å². The van der Waals surface area contributed by atoms with Crippen molar-refractivity contribution in [2.45, 2.75) is 13.3 Å². The summed E-state index contributed by atoms with van der Waals surface area (Å²) >= 11 is 0. The number of rotatable bonds is 5. The van der Waals surface area contributed by atoms with Gasteiger partial charge in [-0.15, -0.1) is 0 Å². The molecule has 0 aliphatic rings. The predicted octanol–water partition coefficient (Wildman–Crippen LogP) is 1.79. The zero-order chi connectivity index (χ0) is 14.3. The highest BCUT2D eigenvalue weighted by Gasteiger charge is 2.12. The number of nitrogens with one attached hydrogen (secondary N) is 2. The van der Waals surface area contributed by atoms with Crippen LogP contribution in [0.15, 0.2) is 24.3 Å². The third kappa shape index (κ3) is 4.97. The summed E-state index contributed by atoms with van der Waals surface area (Å²) in [6.45, 7) is 2.29. The molecule has 0 aliphatic carbocycles. The Bertz CT molecular complexity index is 449. The third-order valence-electron chi connectivity index (χ3n) is 2.61. The highest BCUT2D eigenvalue weighted by molar-refractivity contribution is 5.93. The Labute approximate surface area is 112 Å². The van der Waals surface area contributed by atoms with Crippen LogP contribution in [0, 0.1) is 5.92 Å². The molecule has 2 amide bonds. The number of hydrogen-bond acceptors (Lipinski definition) is 4. The number of methoxy groups -OCH3 is 1. The molecule has 0 fully saturated rings. The first-order valence-electron chi connectivity index (χ1n) is 6.02. The van der Waals surface area contributed by atoms with Crippen LogP contribution in [-0.2, 0) is 9.53 Å². The fourth-order valence-electron chi connectivity index (χ4n) is 1.49. The van der Waals surface area contributed by atoms with Crippen LogP contribution in [0.25, 0.3) is 0 Å². The second kappa shape index (κ2) is 7.38. The number of anilines is 2. The lowest BCUT2D eigenvalue weighted by Gasteiger charge is -2.12. The number of hydrogen-bond donors (Lipinski definition) is 3. The van der Waals surface area contributed by atoms with Crippen LogP contribution in [0.1, 0.15) is 13.3 Å². The molecule has 6 heteroatoms. The van der Waals surface area contributed by atoms with Crippen molar-refractivity contribution in [1.29, 1.82) is 0 Å². The van der Waals surface area contributed by atoms with Crippen molar-refractivity contribution >= 4 is 23.4 Å². The minimum Gasteiger partial charge on any atom is -0.453 e. The first-order valence-corrected chi connectivity index (χ1v) is 6.02. The minimum atomic E-state index is -0.556. The highest BCUT2D eigenvalue weighted by Crippen LogP contribution is 2.16. The third-order valence-corrected chi connectivity index (χ3v) is 2.61. The fraction of sp³-hybridized carbons (Fsp3) is 0.385. The van der Waals surface area contributed by atoms with Crippen LogP contribution in [0.5, 0.6) is 0 Å². The standard InChI is InChI=1S/C13H19N3O3/c1-9(6-7-14)12(17)15-10-4-3-5-11(8-10)16-13(18)19-2/h3-5,8-9H,6-7,14H2,1-2H3,(H,15,17)(H,16,18). The predicted molar refractivity (Wildman–Crippen MR) is 73.9 cm³/mol. The summed E-state index contributed by atoms with van der Waals surface area (Å²) in [7, 11) is 1.29. The highest BCUT2D eigenvalue weighted by atomic mass is 16.5. The molecule has 19 heavy (non-hydrogen) atoms. The molecular weight excluding hydrogens is 246 g/mol. The van der Waals surface area contributed by atoms with Crippen molar-refractivity contribution in [2.24, 2.45) is 11.7 Å². The number of ether oxygens (including phenoxy) is 1. The van der Waals surface area contributed by atoms with Crippen molar-refractivity contribution in [2.75, 3.05) is 24.3 Å². The van der Waals surface area contributed by atoms with Gasteiger partial charge in [0, 0.05) is 17.3 Å². The molecule has 0 radical (unpaired) electrons. The van der Waals surface area contributed by atoms with Crippen molar-refractivity contribution in [3.05, 3.63) is 24.3 Å². The van der Waals surface area contributed by atoms with E-state index in [0.717, 1.165) is 0 Å². The SMILES string of the molecule is COC(=O)Nc1cccc(NC(=O)C(C)CCN)c1. The van der Waals surface area contributed by atoms with Gasteiger partial charge in [-0.3, -0.25) is 10.1 Å². The lowest BCUT2D eigenvalue weighted by atomic mass is 10.1. The Morgan fingerprint density at radius 2 is 1.95 bits per heavy atom. The van der Waals surface area contributed by atoms with E-state index in [0.29, 0.717) is 24.3 Å². The Hall–Kier alpha value is -2.08. The summed E-state index contributed by atoms with van der Waals surface area (Å²) in [4.78, 5) is 22.9.